The number of unbranched alkanes of at least 4 members (excludes halogenated alkanes) is 1. The van der Waals surface area contributed by atoms with Gasteiger partial charge in [-0.1, -0.05) is 50.8 Å². The van der Waals surface area contributed by atoms with Crippen molar-refractivity contribution >= 4 is 22.6 Å². The minimum Gasteiger partial charge on any atom is -0.505 e. The molecule has 0 aliphatic rings. The molecule has 3 aromatic rings. The molecule has 0 bridgehead atoms. The Morgan fingerprint density at radius 2 is 1.87 bits per heavy atom. The number of rotatable bonds is 12. The van der Waals surface area contributed by atoms with E-state index in [1.165, 1.54) is 24.1 Å². The predicted molar refractivity (Wildman–Crippen MR) is 124 cm³/mol. The highest BCUT2D eigenvalue weighted by Gasteiger charge is 2.13. The molecule has 3 rings (SSSR count). The van der Waals surface area contributed by atoms with Gasteiger partial charge in [-0.2, -0.15) is 0 Å². The fraction of sp³-hybridized carbons (Fsp3) is 0.500. The molecule has 31 heavy (non-hydrogen) atoms. The molecule has 0 aliphatic heterocycles. The van der Waals surface area contributed by atoms with Gasteiger partial charge in [-0.3, -0.25) is 0 Å². The molecule has 0 fully saturated rings. The number of hydrogen-bond acceptors (Lipinski definition) is 5. The monoisotopic (exact) mass is 445 g/mol. The van der Waals surface area contributed by atoms with Crippen molar-refractivity contribution in [3.05, 3.63) is 46.5 Å². The van der Waals surface area contributed by atoms with Crippen LogP contribution in [0, 0.1) is 12.8 Å². The molecule has 1 N–H and O–H groups in total. The summed E-state index contributed by atoms with van der Waals surface area (Å²) in [6, 6.07) is 9.26. The third kappa shape index (κ3) is 6.42. The van der Waals surface area contributed by atoms with Gasteiger partial charge in [0.25, 0.3) is 0 Å². The summed E-state index contributed by atoms with van der Waals surface area (Å²) in [5.41, 5.74) is 3.83. The number of aryl methyl sites for hydroxylation is 2. The number of aromatic hydroxyl groups is 1. The van der Waals surface area contributed by atoms with Gasteiger partial charge in [0.15, 0.2) is 0 Å². The zero-order valence-corrected chi connectivity index (χ0v) is 19.4. The van der Waals surface area contributed by atoms with Crippen LogP contribution >= 0.6 is 11.6 Å². The molecule has 7 heteroatoms. The molecule has 168 valence electrons. The molecule has 1 heterocycles. The van der Waals surface area contributed by atoms with Crippen LogP contribution in [0.3, 0.4) is 0 Å². The van der Waals surface area contributed by atoms with Crippen LogP contribution in [0.4, 0.5) is 0 Å². The predicted octanol–water partition coefficient (Wildman–Crippen LogP) is 6.19. The molecule has 0 saturated heterocycles. The van der Waals surface area contributed by atoms with Crippen molar-refractivity contribution in [2.24, 2.45) is 5.92 Å². The molecule has 2 aromatic carbocycles. The van der Waals surface area contributed by atoms with Gasteiger partial charge in [0.05, 0.1) is 13.2 Å². The molecule has 0 saturated carbocycles. The van der Waals surface area contributed by atoms with E-state index < -0.39 is 0 Å². The Bertz CT molecular complexity index is 990. The van der Waals surface area contributed by atoms with Crippen LogP contribution in [0.2, 0.25) is 5.02 Å². The van der Waals surface area contributed by atoms with Gasteiger partial charge in [0.1, 0.15) is 22.5 Å². The Hall–Kier alpha value is -2.15. The first kappa shape index (κ1) is 23.5. The average molecular weight is 446 g/mol. The second-order valence-electron chi connectivity index (χ2n) is 8.03. The standard InChI is InChI=1S/C24H32ClN3O3/c1-4-6-8-18(5-2)16-31-30-12-7-9-19-13-17(3)24(29)23(14-19)28-26-21-11-10-20(25)15-22(21)27-28/h10-11,13-15,18,29H,4-9,12,16H2,1-3H3. The van der Waals surface area contributed by atoms with Gasteiger partial charge in [0, 0.05) is 5.02 Å². The van der Waals surface area contributed by atoms with Crippen molar-refractivity contribution in [3.8, 4) is 11.4 Å². The SMILES string of the molecule is CCCCC(CC)COOCCCc1cc(C)c(O)c(-n2nc3ccc(Cl)cc3n2)c1. The summed E-state index contributed by atoms with van der Waals surface area (Å²) in [4.78, 5) is 12.3. The Kier molecular flexibility index (Phi) is 8.69. The fourth-order valence-electron chi connectivity index (χ4n) is 3.56. The topological polar surface area (TPSA) is 69.4 Å². The second kappa shape index (κ2) is 11.5. The largest absolute Gasteiger partial charge is 0.505 e. The third-order valence-electron chi connectivity index (χ3n) is 5.52. The van der Waals surface area contributed by atoms with Crippen molar-refractivity contribution < 1.29 is 14.9 Å². The number of benzene rings is 2. The third-order valence-corrected chi connectivity index (χ3v) is 5.76. The number of aromatic nitrogens is 3. The highest BCUT2D eigenvalue weighted by Crippen LogP contribution is 2.28. The normalized spacial score (nSPS) is 12.5. The summed E-state index contributed by atoms with van der Waals surface area (Å²) < 4.78 is 0. The molecule has 0 radical (unpaired) electrons. The minimum atomic E-state index is 0.174. The zero-order valence-electron chi connectivity index (χ0n) is 18.6. The maximum Gasteiger partial charge on any atom is 0.146 e. The lowest BCUT2D eigenvalue weighted by Crippen LogP contribution is -2.10. The molecule has 1 unspecified atom stereocenters. The molecule has 0 amide bonds. The van der Waals surface area contributed by atoms with Crippen LogP contribution in [-0.2, 0) is 16.2 Å². The maximum atomic E-state index is 10.6. The summed E-state index contributed by atoms with van der Waals surface area (Å²) in [5.74, 6) is 0.738. The Morgan fingerprint density at radius 3 is 2.65 bits per heavy atom. The quantitative estimate of drug-likeness (QED) is 0.204. The summed E-state index contributed by atoms with van der Waals surface area (Å²) >= 11 is 6.05. The van der Waals surface area contributed by atoms with Crippen molar-refractivity contribution in [1.29, 1.82) is 0 Å². The number of halogens is 1. The first-order chi connectivity index (χ1) is 15.0. The fourth-order valence-corrected chi connectivity index (χ4v) is 3.73. The highest BCUT2D eigenvalue weighted by molar-refractivity contribution is 6.31. The summed E-state index contributed by atoms with van der Waals surface area (Å²) in [7, 11) is 0. The van der Waals surface area contributed by atoms with Gasteiger partial charge in [-0.25, -0.2) is 9.78 Å². The lowest BCUT2D eigenvalue weighted by atomic mass is 10.0. The first-order valence-corrected chi connectivity index (χ1v) is 11.5. The van der Waals surface area contributed by atoms with Crippen LogP contribution in [0.25, 0.3) is 16.7 Å². The summed E-state index contributed by atoms with van der Waals surface area (Å²) in [5, 5.41) is 20.1. The van der Waals surface area contributed by atoms with Crippen LogP contribution in [0.5, 0.6) is 5.75 Å². The van der Waals surface area contributed by atoms with E-state index in [-0.39, 0.29) is 5.75 Å². The van der Waals surface area contributed by atoms with Gasteiger partial charge in [-0.15, -0.1) is 15.0 Å². The van der Waals surface area contributed by atoms with E-state index in [0.29, 0.717) is 35.4 Å². The minimum absolute atomic E-state index is 0.174. The molecule has 6 nitrogen and oxygen atoms in total. The molecule has 1 aromatic heterocycles. The van der Waals surface area contributed by atoms with Gasteiger partial charge >= 0.3 is 0 Å². The smallest absolute Gasteiger partial charge is 0.146 e. The van der Waals surface area contributed by atoms with Crippen molar-refractivity contribution in [2.45, 2.75) is 59.3 Å². The molecular weight excluding hydrogens is 414 g/mol. The van der Waals surface area contributed by atoms with Gasteiger partial charge in [-0.05, 0) is 67.5 Å². The van der Waals surface area contributed by atoms with Crippen LogP contribution in [-0.4, -0.2) is 33.3 Å². The molecule has 0 spiro atoms. The number of phenols is 1. The zero-order chi connectivity index (χ0) is 22.2. The van der Waals surface area contributed by atoms with E-state index >= 15 is 0 Å². The maximum absolute atomic E-state index is 10.6. The van der Waals surface area contributed by atoms with Crippen LogP contribution in [0.15, 0.2) is 30.3 Å². The van der Waals surface area contributed by atoms with Gasteiger partial charge in [0.2, 0.25) is 0 Å². The molecule has 1 atom stereocenters. The lowest BCUT2D eigenvalue weighted by Gasteiger charge is -2.14. The Morgan fingerprint density at radius 1 is 1.06 bits per heavy atom. The number of hydrogen-bond donors (Lipinski definition) is 1. The van der Waals surface area contributed by atoms with E-state index in [1.807, 2.05) is 25.1 Å². The van der Waals surface area contributed by atoms with E-state index in [4.69, 9.17) is 21.4 Å². The van der Waals surface area contributed by atoms with Crippen LogP contribution in [0.1, 0.15) is 57.1 Å². The lowest BCUT2D eigenvalue weighted by molar-refractivity contribution is -0.301. The summed E-state index contributed by atoms with van der Waals surface area (Å²) in [6.07, 6.45) is 6.37. The Labute approximate surface area is 189 Å². The number of phenolic OH excluding ortho intramolecular Hbond substituents is 1. The average Bonchev–Trinajstić information content (AvgIpc) is 3.17. The molecule has 0 aliphatic carbocycles. The van der Waals surface area contributed by atoms with Crippen molar-refractivity contribution in [2.75, 3.05) is 13.2 Å². The molecular formula is C24H32ClN3O3. The Balaban J connectivity index is 1.57. The number of fused-ring (bicyclic) bond motifs is 1. The van der Waals surface area contributed by atoms with E-state index in [9.17, 15) is 5.11 Å². The van der Waals surface area contributed by atoms with E-state index in [1.54, 1.807) is 12.1 Å². The van der Waals surface area contributed by atoms with E-state index in [2.05, 4.69) is 24.0 Å². The summed E-state index contributed by atoms with van der Waals surface area (Å²) in [6.45, 7) is 7.47. The van der Waals surface area contributed by atoms with Gasteiger partial charge < -0.3 is 5.11 Å². The number of nitrogens with zero attached hydrogens (tertiary/aromatic N) is 3. The van der Waals surface area contributed by atoms with Crippen molar-refractivity contribution in [1.82, 2.24) is 15.0 Å². The highest BCUT2D eigenvalue weighted by atomic mass is 35.5. The van der Waals surface area contributed by atoms with E-state index in [0.717, 1.165) is 35.9 Å². The van der Waals surface area contributed by atoms with Crippen molar-refractivity contribution in [3.63, 3.8) is 0 Å². The second-order valence-corrected chi connectivity index (χ2v) is 8.47. The van der Waals surface area contributed by atoms with Crippen LogP contribution < -0.4 is 0 Å². The first-order valence-electron chi connectivity index (χ1n) is 11.1.